The number of benzene rings is 2. The van der Waals surface area contributed by atoms with Gasteiger partial charge in [0.15, 0.2) is 11.5 Å². The number of nitro benzene ring substituents is 1. The number of hydrogen-bond donors (Lipinski definition) is 0. The maximum atomic E-state index is 12.0. The number of nitrogens with zero attached hydrogens (tertiary/aromatic N) is 1. The van der Waals surface area contributed by atoms with E-state index in [1.165, 1.54) is 25.3 Å². The summed E-state index contributed by atoms with van der Waals surface area (Å²) < 4.78 is 20.9. The van der Waals surface area contributed by atoms with Crippen LogP contribution in [0.2, 0.25) is 0 Å². The third-order valence-corrected chi connectivity index (χ3v) is 3.92. The van der Waals surface area contributed by atoms with Crippen LogP contribution in [0.5, 0.6) is 17.2 Å². The van der Waals surface area contributed by atoms with E-state index in [-0.39, 0.29) is 25.5 Å². The highest BCUT2D eigenvalue weighted by atomic mass is 16.7. The minimum atomic E-state index is -0.510. The summed E-state index contributed by atoms with van der Waals surface area (Å²) in [4.78, 5) is 22.3. The first-order valence-electron chi connectivity index (χ1n) is 7.92. The molecule has 0 atom stereocenters. The summed E-state index contributed by atoms with van der Waals surface area (Å²) in [6.45, 7) is 0.108. The summed E-state index contributed by atoms with van der Waals surface area (Å²) in [7, 11) is 1.45. The van der Waals surface area contributed by atoms with Crippen LogP contribution in [0.3, 0.4) is 0 Å². The summed E-state index contributed by atoms with van der Waals surface area (Å²) in [5, 5.41) is 10.9. The van der Waals surface area contributed by atoms with Gasteiger partial charge in [-0.1, -0.05) is 6.07 Å². The van der Waals surface area contributed by atoms with Crippen molar-refractivity contribution in [3.63, 3.8) is 0 Å². The average Bonchev–Trinajstić information content (AvgIpc) is 3.12. The Morgan fingerprint density at radius 1 is 1.19 bits per heavy atom. The zero-order valence-electron chi connectivity index (χ0n) is 14.1. The molecule has 8 heteroatoms. The molecule has 26 heavy (non-hydrogen) atoms. The zero-order chi connectivity index (χ0) is 18.5. The number of esters is 1. The predicted molar refractivity (Wildman–Crippen MR) is 90.3 cm³/mol. The lowest BCUT2D eigenvalue weighted by atomic mass is 10.1. The van der Waals surface area contributed by atoms with E-state index in [2.05, 4.69) is 0 Å². The summed E-state index contributed by atoms with van der Waals surface area (Å²) in [6.07, 6.45) is 0.665. The SMILES string of the molecule is COc1ccc([N+](=O)[O-])cc1COC(=O)CCc1ccc2c(c1)OCO2. The molecule has 0 saturated carbocycles. The average molecular weight is 359 g/mol. The molecule has 3 rings (SSSR count). The Kier molecular flexibility index (Phi) is 5.21. The second-order valence-electron chi connectivity index (χ2n) is 5.60. The van der Waals surface area contributed by atoms with Crippen molar-refractivity contribution in [3.05, 3.63) is 57.6 Å². The molecule has 0 amide bonds. The van der Waals surface area contributed by atoms with Crippen LogP contribution in [0, 0.1) is 10.1 Å². The summed E-state index contributed by atoms with van der Waals surface area (Å²) in [5.74, 6) is 1.38. The van der Waals surface area contributed by atoms with Crippen molar-refractivity contribution in [2.45, 2.75) is 19.4 Å². The number of ether oxygens (including phenoxy) is 4. The van der Waals surface area contributed by atoms with Gasteiger partial charge in [-0.05, 0) is 30.2 Å². The van der Waals surface area contributed by atoms with Crippen molar-refractivity contribution in [1.29, 1.82) is 0 Å². The molecule has 1 aliphatic heterocycles. The number of non-ortho nitro benzene ring substituents is 1. The van der Waals surface area contributed by atoms with Crippen LogP contribution in [0.4, 0.5) is 5.69 Å². The molecule has 0 fully saturated rings. The maximum absolute atomic E-state index is 12.0. The van der Waals surface area contributed by atoms with Crippen LogP contribution in [0.15, 0.2) is 36.4 Å². The van der Waals surface area contributed by atoms with Crippen LogP contribution in [0.25, 0.3) is 0 Å². The molecular weight excluding hydrogens is 342 g/mol. The second-order valence-corrected chi connectivity index (χ2v) is 5.60. The number of nitro groups is 1. The molecular formula is C18H17NO7. The van der Waals surface area contributed by atoms with E-state index in [1.54, 1.807) is 6.07 Å². The first-order valence-corrected chi connectivity index (χ1v) is 7.92. The Morgan fingerprint density at radius 2 is 2.00 bits per heavy atom. The summed E-state index contributed by atoms with van der Waals surface area (Å²) in [5.41, 5.74) is 1.29. The lowest BCUT2D eigenvalue weighted by Gasteiger charge is -2.09. The third-order valence-electron chi connectivity index (χ3n) is 3.92. The van der Waals surface area contributed by atoms with Crippen LogP contribution in [0.1, 0.15) is 17.5 Å². The van der Waals surface area contributed by atoms with Crippen molar-refractivity contribution in [3.8, 4) is 17.2 Å². The number of carbonyl (C=O) groups is 1. The first-order chi connectivity index (χ1) is 12.6. The van der Waals surface area contributed by atoms with Gasteiger partial charge in [0.05, 0.1) is 12.0 Å². The van der Waals surface area contributed by atoms with Crippen molar-refractivity contribution in [2.24, 2.45) is 0 Å². The normalized spacial score (nSPS) is 11.9. The van der Waals surface area contributed by atoms with E-state index in [0.29, 0.717) is 29.2 Å². The number of fused-ring (bicyclic) bond motifs is 1. The minimum absolute atomic E-state index is 0.0859. The van der Waals surface area contributed by atoms with Gasteiger partial charge in [0, 0.05) is 24.1 Å². The fraction of sp³-hybridized carbons (Fsp3) is 0.278. The lowest BCUT2D eigenvalue weighted by Crippen LogP contribution is -2.07. The van der Waals surface area contributed by atoms with E-state index in [0.717, 1.165) is 5.56 Å². The molecule has 0 aromatic heterocycles. The van der Waals surface area contributed by atoms with Crippen molar-refractivity contribution >= 4 is 11.7 Å². The number of aryl methyl sites for hydroxylation is 1. The fourth-order valence-electron chi connectivity index (χ4n) is 2.56. The van der Waals surface area contributed by atoms with Crippen LogP contribution >= 0.6 is 0 Å². The van der Waals surface area contributed by atoms with Crippen LogP contribution in [-0.2, 0) is 22.6 Å². The predicted octanol–water partition coefficient (Wildman–Crippen LogP) is 3.01. The van der Waals surface area contributed by atoms with Gasteiger partial charge in [0.2, 0.25) is 6.79 Å². The fourth-order valence-corrected chi connectivity index (χ4v) is 2.56. The van der Waals surface area contributed by atoms with E-state index >= 15 is 0 Å². The first kappa shape index (κ1) is 17.5. The van der Waals surface area contributed by atoms with Gasteiger partial charge in [-0.2, -0.15) is 0 Å². The van der Waals surface area contributed by atoms with Gasteiger partial charge in [-0.3, -0.25) is 14.9 Å². The van der Waals surface area contributed by atoms with Gasteiger partial charge in [0.1, 0.15) is 12.4 Å². The van der Waals surface area contributed by atoms with Gasteiger partial charge in [0.25, 0.3) is 5.69 Å². The highest BCUT2D eigenvalue weighted by molar-refractivity contribution is 5.70. The smallest absolute Gasteiger partial charge is 0.306 e. The summed E-state index contributed by atoms with van der Waals surface area (Å²) >= 11 is 0. The van der Waals surface area contributed by atoms with E-state index in [9.17, 15) is 14.9 Å². The highest BCUT2D eigenvalue weighted by Gasteiger charge is 2.15. The number of carbonyl (C=O) groups excluding carboxylic acids is 1. The van der Waals surface area contributed by atoms with E-state index in [1.807, 2.05) is 12.1 Å². The molecule has 0 saturated heterocycles. The van der Waals surface area contributed by atoms with Crippen LogP contribution in [-0.4, -0.2) is 24.8 Å². The molecule has 0 N–H and O–H groups in total. The monoisotopic (exact) mass is 359 g/mol. The third kappa shape index (κ3) is 4.02. The Labute approximate surface area is 149 Å². The van der Waals surface area contributed by atoms with Crippen molar-refractivity contribution in [2.75, 3.05) is 13.9 Å². The Bertz CT molecular complexity index is 834. The lowest BCUT2D eigenvalue weighted by molar-refractivity contribution is -0.385. The Balaban J connectivity index is 1.55. The molecule has 0 aliphatic carbocycles. The van der Waals surface area contributed by atoms with Gasteiger partial charge in [-0.15, -0.1) is 0 Å². The maximum Gasteiger partial charge on any atom is 0.306 e. The molecule has 2 aromatic carbocycles. The van der Waals surface area contributed by atoms with E-state index in [4.69, 9.17) is 18.9 Å². The highest BCUT2D eigenvalue weighted by Crippen LogP contribution is 2.32. The largest absolute Gasteiger partial charge is 0.496 e. The zero-order valence-corrected chi connectivity index (χ0v) is 14.1. The molecule has 1 aliphatic rings. The van der Waals surface area contributed by atoms with E-state index < -0.39 is 10.9 Å². The quantitative estimate of drug-likeness (QED) is 0.426. The minimum Gasteiger partial charge on any atom is -0.496 e. The Morgan fingerprint density at radius 3 is 2.77 bits per heavy atom. The molecule has 1 heterocycles. The van der Waals surface area contributed by atoms with Gasteiger partial charge < -0.3 is 18.9 Å². The topological polar surface area (TPSA) is 97.1 Å². The number of rotatable bonds is 7. The second kappa shape index (κ2) is 7.73. The van der Waals surface area contributed by atoms with Gasteiger partial charge in [-0.25, -0.2) is 0 Å². The Hall–Kier alpha value is -3.29. The summed E-state index contributed by atoms with van der Waals surface area (Å²) in [6, 6.07) is 9.65. The molecule has 0 radical (unpaired) electrons. The molecule has 0 bridgehead atoms. The van der Waals surface area contributed by atoms with Crippen molar-refractivity contribution in [1.82, 2.24) is 0 Å². The van der Waals surface area contributed by atoms with Crippen LogP contribution < -0.4 is 14.2 Å². The standard InChI is InChI=1S/C18H17NO7/c1-23-15-6-4-14(19(21)22)9-13(15)10-24-18(20)7-3-12-2-5-16-17(8-12)26-11-25-16/h2,4-6,8-9H,3,7,10-11H2,1H3. The molecule has 2 aromatic rings. The molecule has 136 valence electrons. The number of methoxy groups -OCH3 is 1. The van der Waals surface area contributed by atoms with Crippen molar-refractivity contribution < 1.29 is 28.7 Å². The van der Waals surface area contributed by atoms with Gasteiger partial charge >= 0.3 is 5.97 Å². The molecule has 0 unspecified atom stereocenters. The molecule has 8 nitrogen and oxygen atoms in total. The molecule has 0 spiro atoms. The number of hydrogen-bond acceptors (Lipinski definition) is 7.